The van der Waals surface area contributed by atoms with E-state index < -0.39 is 6.10 Å². The number of rotatable bonds is 9. The topological polar surface area (TPSA) is 60.8 Å². The summed E-state index contributed by atoms with van der Waals surface area (Å²) in [5.74, 6) is 1.21. The van der Waals surface area contributed by atoms with E-state index in [9.17, 15) is 15.0 Å². The summed E-state index contributed by atoms with van der Waals surface area (Å²) >= 11 is 0. The van der Waals surface area contributed by atoms with Gasteiger partial charge >= 0.3 is 0 Å². The minimum atomic E-state index is -0.527. The van der Waals surface area contributed by atoms with E-state index in [4.69, 9.17) is 0 Å². The molecule has 0 radical (unpaired) electrons. The molecule has 2 aliphatic carbocycles. The van der Waals surface area contributed by atoms with E-state index in [2.05, 4.69) is 31.2 Å². The Morgan fingerprint density at radius 1 is 1.30 bits per heavy atom. The van der Waals surface area contributed by atoms with E-state index in [1.807, 2.05) is 18.2 Å². The Labute approximate surface area is 181 Å². The second-order valence-corrected chi connectivity index (χ2v) is 9.38. The van der Waals surface area contributed by atoms with Crippen molar-refractivity contribution in [3.8, 4) is 0 Å². The summed E-state index contributed by atoms with van der Waals surface area (Å²) in [6.07, 6.45) is 11.6. The maximum atomic E-state index is 11.7. The van der Waals surface area contributed by atoms with Crippen molar-refractivity contribution in [2.24, 2.45) is 17.8 Å². The predicted octanol–water partition coefficient (Wildman–Crippen LogP) is 4.05. The maximum absolute atomic E-state index is 11.7. The summed E-state index contributed by atoms with van der Waals surface area (Å²) in [7, 11) is 3.61. The lowest BCUT2D eigenvalue weighted by Gasteiger charge is -2.19. The van der Waals surface area contributed by atoms with Crippen LogP contribution in [0.4, 0.5) is 0 Å². The summed E-state index contributed by atoms with van der Waals surface area (Å²) in [5.41, 5.74) is 3.82. The number of hydrogen-bond acceptors (Lipinski definition) is 3. The van der Waals surface area contributed by atoms with Crippen LogP contribution in [0.25, 0.3) is 0 Å². The number of amides is 1. The molecule has 0 spiro atoms. The van der Waals surface area contributed by atoms with Crippen molar-refractivity contribution >= 4 is 5.91 Å². The lowest BCUT2D eigenvalue weighted by molar-refractivity contribution is -0.128. The quantitative estimate of drug-likeness (QED) is 0.476. The molecule has 0 aromatic heterocycles. The Balaban J connectivity index is 1.47. The van der Waals surface area contributed by atoms with Crippen LogP contribution in [0.1, 0.15) is 49.7 Å². The summed E-state index contributed by atoms with van der Waals surface area (Å²) in [4.78, 5) is 13.3. The number of hydrogen-bond donors (Lipinski definition) is 2. The molecule has 4 nitrogen and oxygen atoms in total. The number of aliphatic hydroxyl groups is 2. The highest BCUT2D eigenvalue weighted by Crippen LogP contribution is 2.48. The van der Waals surface area contributed by atoms with Crippen LogP contribution in [0.5, 0.6) is 0 Å². The van der Waals surface area contributed by atoms with Gasteiger partial charge in [-0.1, -0.05) is 53.6 Å². The van der Waals surface area contributed by atoms with Crippen LogP contribution in [0.3, 0.4) is 0 Å². The molecule has 2 aliphatic rings. The van der Waals surface area contributed by atoms with Gasteiger partial charge in [0.1, 0.15) is 0 Å². The van der Waals surface area contributed by atoms with Crippen LogP contribution < -0.4 is 0 Å². The zero-order valence-electron chi connectivity index (χ0n) is 18.6. The number of nitrogens with zero attached hydrogens (tertiary/aromatic N) is 1. The number of carbonyl (C=O) groups excluding carboxylic acids is 1. The fourth-order valence-corrected chi connectivity index (χ4v) is 5.05. The van der Waals surface area contributed by atoms with Gasteiger partial charge in [-0.2, -0.15) is 0 Å². The highest BCUT2D eigenvalue weighted by molar-refractivity contribution is 5.75. The molecule has 1 saturated carbocycles. The van der Waals surface area contributed by atoms with Gasteiger partial charge in [0, 0.05) is 32.9 Å². The van der Waals surface area contributed by atoms with Gasteiger partial charge in [-0.3, -0.25) is 4.79 Å². The third-order valence-corrected chi connectivity index (χ3v) is 6.67. The van der Waals surface area contributed by atoms with Gasteiger partial charge in [0.25, 0.3) is 0 Å². The fourth-order valence-electron chi connectivity index (χ4n) is 5.05. The summed E-state index contributed by atoms with van der Waals surface area (Å²) in [6, 6.07) is 8.24. The third-order valence-electron chi connectivity index (χ3n) is 6.67. The van der Waals surface area contributed by atoms with Gasteiger partial charge in [-0.25, -0.2) is 0 Å². The molecule has 0 bridgehead atoms. The van der Waals surface area contributed by atoms with E-state index in [-0.39, 0.29) is 17.9 Å². The second-order valence-electron chi connectivity index (χ2n) is 9.38. The summed E-state index contributed by atoms with van der Waals surface area (Å²) in [6.45, 7) is 2.06. The minimum absolute atomic E-state index is 0.117. The first-order valence-corrected chi connectivity index (χ1v) is 11.3. The van der Waals surface area contributed by atoms with E-state index in [1.54, 1.807) is 19.0 Å². The highest BCUT2D eigenvalue weighted by Gasteiger charge is 2.43. The molecule has 0 unspecified atom stereocenters. The lowest BCUT2D eigenvalue weighted by atomic mass is 9.88. The average molecular weight is 412 g/mol. The van der Waals surface area contributed by atoms with Crippen LogP contribution in [0.2, 0.25) is 0 Å². The Morgan fingerprint density at radius 3 is 2.83 bits per heavy atom. The van der Waals surface area contributed by atoms with Gasteiger partial charge in [0.2, 0.25) is 5.91 Å². The van der Waals surface area contributed by atoms with Crippen molar-refractivity contribution < 1.29 is 15.0 Å². The molecule has 0 saturated heterocycles. The van der Waals surface area contributed by atoms with Gasteiger partial charge in [-0.15, -0.1) is 0 Å². The van der Waals surface area contributed by atoms with Crippen LogP contribution in [-0.4, -0.2) is 47.3 Å². The Bertz CT molecular complexity index is 782. The SMILES string of the molecule is Cc1cccc(C[C@H](O)C=C[C@@H]2[C@H]3CC(CCCCC(=O)N(C)C)=C[C@H]3C[C@H]2O)c1. The predicted molar refractivity (Wildman–Crippen MR) is 121 cm³/mol. The molecule has 1 amide bonds. The highest BCUT2D eigenvalue weighted by atomic mass is 16.3. The number of aliphatic hydroxyl groups excluding tert-OH is 2. The Morgan fingerprint density at radius 2 is 2.10 bits per heavy atom. The fraction of sp³-hybridized carbons (Fsp3) is 0.577. The number of aryl methyl sites for hydroxylation is 1. The van der Waals surface area contributed by atoms with Crippen molar-refractivity contribution in [2.45, 2.75) is 64.1 Å². The molecule has 2 N–H and O–H groups in total. The number of allylic oxidation sites excluding steroid dienone is 2. The smallest absolute Gasteiger partial charge is 0.222 e. The number of benzene rings is 1. The lowest BCUT2D eigenvalue weighted by Crippen LogP contribution is -2.21. The molecule has 164 valence electrons. The molecule has 1 fully saturated rings. The van der Waals surface area contributed by atoms with Gasteiger partial charge in [0.05, 0.1) is 12.2 Å². The van der Waals surface area contributed by atoms with Crippen LogP contribution in [-0.2, 0) is 11.2 Å². The Kier molecular flexibility index (Phi) is 7.90. The van der Waals surface area contributed by atoms with E-state index >= 15 is 0 Å². The van der Waals surface area contributed by atoms with Crippen LogP contribution in [0.15, 0.2) is 48.1 Å². The number of unbranched alkanes of at least 4 members (excludes halogenated alkanes) is 1. The van der Waals surface area contributed by atoms with E-state index in [0.717, 1.165) is 37.7 Å². The first kappa shape index (κ1) is 22.8. The van der Waals surface area contributed by atoms with Crippen LogP contribution >= 0.6 is 0 Å². The van der Waals surface area contributed by atoms with Gasteiger partial charge < -0.3 is 15.1 Å². The molecule has 0 aliphatic heterocycles. The first-order chi connectivity index (χ1) is 14.3. The van der Waals surface area contributed by atoms with Crippen molar-refractivity contribution in [2.75, 3.05) is 14.1 Å². The number of fused-ring (bicyclic) bond motifs is 1. The average Bonchev–Trinajstić information content (AvgIpc) is 3.19. The first-order valence-electron chi connectivity index (χ1n) is 11.3. The molecule has 5 atom stereocenters. The van der Waals surface area contributed by atoms with E-state index in [1.165, 1.54) is 11.1 Å². The van der Waals surface area contributed by atoms with Crippen molar-refractivity contribution in [3.63, 3.8) is 0 Å². The summed E-state index contributed by atoms with van der Waals surface area (Å²) < 4.78 is 0. The molecule has 4 heteroatoms. The zero-order chi connectivity index (χ0) is 21.7. The molecule has 3 rings (SSSR count). The molecule has 0 heterocycles. The van der Waals surface area contributed by atoms with E-state index in [0.29, 0.717) is 24.7 Å². The molecule has 1 aromatic carbocycles. The summed E-state index contributed by atoms with van der Waals surface area (Å²) in [5, 5.41) is 21.0. The van der Waals surface area contributed by atoms with Crippen LogP contribution in [0, 0.1) is 24.7 Å². The zero-order valence-corrected chi connectivity index (χ0v) is 18.6. The van der Waals surface area contributed by atoms with Crippen molar-refractivity contribution in [1.29, 1.82) is 0 Å². The third kappa shape index (κ3) is 6.05. The maximum Gasteiger partial charge on any atom is 0.222 e. The molecular weight excluding hydrogens is 374 g/mol. The standard InChI is InChI=1S/C26H37NO3/c1-18-7-6-9-19(13-18)15-22(28)11-12-23-24-16-20(14-21(24)17-25(23)29)8-4-5-10-26(30)27(2)3/h6-7,9,11-14,21-25,28-29H,4-5,8,10,15-17H2,1-3H3/t21-,22+,23+,24-,25+/m0/s1. The van der Waals surface area contributed by atoms with Crippen molar-refractivity contribution in [1.82, 2.24) is 4.90 Å². The minimum Gasteiger partial charge on any atom is -0.392 e. The van der Waals surface area contributed by atoms with Crippen molar-refractivity contribution in [3.05, 3.63) is 59.2 Å². The largest absolute Gasteiger partial charge is 0.392 e. The monoisotopic (exact) mass is 411 g/mol. The molecule has 30 heavy (non-hydrogen) atoms. The normalized spacial score (nSPS) is 26.6. The second kappa shape index (κ2) is 10.4. The van der Waals surface area contributed by atoms with Gasteiger partial charge in [-0.05, 0) is 56.4 Å². The van der Waals surface area contributed by atoms with Gasteiger partial charge in [0.15, 0.2) is 0 Å². The number of carbonyl (C=O) groups is 1. The molecule has 1 aromatic rings. The molecular formula is C26H37NO3. The Hall–Kier alpha value is -1.91.